The fraction of sp³-hybridized carbons (Fsp3) is 0.713. The lowest BCUT2D eigenvalue weighted by Gasteiger charge is -2.25. The Kier molecular flexibility index (Phi) is 78.9. The topological polar surface area (TPSA) is 108 Å². The standard InChI is InChI=1S/C94H161NO8/c1-6-8-10-12-14-16-18-20-22-24-26-28-30-32-34-36-38-40-42-44-46-48-50-52-54-56-58-60-62-64-66-68-70-72-74-76-78-80-82-84-91(96)101-88-90(89-102-94(93(98)99)100-87-86-95(3,4)5)103-92(97)85-83-81-79-77-75-73-71-69-67-65-63-61-59-57-55-53-51-49-47-45-43-41-39-37-35-33-31-29-27-25-23-21-19-17-15-13-11-9-7-2/h8-11,14-17,20-23,26-29,32-35,39,41,45,47,90,94H,6-7,12-13,18-19,24-25,30-31,36-38,40,42-44,46,48-89H2,1-5H3/p+1/b10-8-,11-9-,16-14-,17-15-,22-20-,23-21-,28-26-,29-27-,34-32-,35-33-,41-39-,47-45-. The number of unbranched alkanes of at least 4 members (excludes halogenated alkanes) is 40. The van der Waals surface area contributed by atoms with Gasteiger partial charge in [0.25, 0.3) is 6.29 Å². The van der Waals surface area contributed by atoms with Crippen molar-refractivity contribution in [2.45, 2.75) is 386 Å². The van der Waals surface area contributed by atoms with Gasteiger partial charge in [-0.05, 0) is 116 Å². The highest BCUT2D eigenvalue weighted by atomic mass is 16.7. The summed E-state index contributed by atoms with van der Waals surface area (Å²) >= 11 is 0. The van der Waals surface area contributed by atoms with Gasteiger partial charge in [0.1, 0.15) is 13.2 Å². The number of carbonyl (C=O) groups excluding carboxylic acids is 2. The highest BCUT2D eigenvalue weighted by Gasteiger charge is 2.25. The van der Waals surface area contributed by atoms with Crippen molar-refractivity contribution in [3.63, 3.8) is 0 Å². The van der Waals surface area contributed by atoms with E-state index in [1.54, 1.807) is 0 Å². The maximum atomic E-state index is 13.0. The SMILES string of the molecule is CC/C=C\C/C=C\C/C=C\C/C=C\C/C=C\C/C=C\C/C=C\CCCCCCCCCCCCCCCCCCCC(=O)OC(COC(=O)CCCCCCCCCCCCCCCCCCCCCCCCC/C=C\C/C=C\C/C=C\C/C=C\C/C=C\CC)COC(OCC[N+](C)(C)C)C(=O)O. The van der Waals surface area contributed by atoms with Crippen LogP contribution in [0.4, 0.5) is 0 Å². The summed E-state index contributed by atoms with van der Waals surface area (Å²) in [6.45, 7) is 4.69. The van der Waals surface area contributed by atoms with Crippen LogP contribution in [-0.4, -0.2) is 87.4 Å². The molecule has 0 bridgehead atoms. The van der Waals surface area contributed by atoms with Crippen molar-refractivity contribution in [3.05, 3.63) is 146 Å². The number of esters is 2. The van der Waals surface area contributed by atoms with E-state index in [4.69, 9.17) is 18.9 Å². The van der Waals surface area contributed by atoms with Crippen molar-refractivity contribution in [3.8, 4) is 0 Å². The molecule has 0 aromatic carbocycles. The van der Waals surface area contributed by atoms with Gasteiger partial charge in [-0.15, -0.1) is 0 Å². The maximum Gasteiger partial charge on any atom is 0.361 e. The van der Waals surface area contributed by atoms with Crippen molar-refractivity contribution < 1.29 is 42.9 Å². The van der Waals surface area contributed by atoms with Crippen LogP contribution in [0.2, 0.25) is 0 Å². The molecule has 0 spiro atoms. The third kappa shape index (κ3) is 84.3. The van der Waals surface area contributed by atoms with E-state index in [9.17, 15) is 19.5 Å². The van der Waals surface area contributed by atoms with Crippen molar-refractivity contribution in [2.75, 3.05) is 47.5 Å². The van der Waals surface area contributed by atoms with E-state index < -0.39 is 24.3 Å². The number of rotatable bonds is 79. The molecule has 0 saturated carbocycles. The van der Waals surface area contributed by atoms with Gasteiger partial charge in [-0.2, -0.15) is 0 Å². The van der Waals surface area contributed by atoms with Crippen LogP contribution in [0.25, 0.3) is 0 Å². The van der Waals surface area contributed by atoms with Gasteiger partial charge >= 0.3 is 17.9 Å². The summed E-state index contributed by atoms with van der Waals surface area (Å²) in [5, 5.41) is 9.79. The van der Waals surface area contributed by atoms with Gasteiger partial charge < -0.3 is 28.5 Å². The molecular formula is C94H162NO8+. The zero-order chi connectivity index (χ0) is 74.6. The Labute approximate surface area is 636 Å². The summed E-state index contributed by atoms with van der Waals surface area (Å²) in [5.41, 5.74) is 0. The molecule has 0 aliphatic carbocycles. The normalized spacial score (nSPS) is 13.4. The summed E-state index contributed by atoms with van der Waals surface area (Å²) in [5.74, 6) is -1.99. The summed E-state index contributed by atoms with van der Waals surface area (Å²) < 4.78 is 23.1. The van der Waals surface area contributed by atoms with Crippen LogP contribution in [0.15, 0.2) is 146 Å². The first-order valence-electron chi connectivity index (χ1n) is 43.0. The molecular weight excluding hydrogens is 1270 g/mol. The average molecular weight is 1430 g/mol. The number of likely N-dealkylation sites (N-methyl/N-ethyl adjacent to an activating group) is 1. The highest BCUT2D eigenvalue weighted by molar-refractivity contribution is 5.71. The van der Waals surface area contributed by atoms with E-state index in [0.717, 1.165) is 116 Å². The van der Waals surface area contributed by atoms with Crippen LogP contribution in [0, 0.1) is 0 Å². The van der Waals surface area contributed by atoms with Crippen LogP contribution < -0.4 is 0 Å². The quantitative estimate of drug-likeness (QED) is 0.0211. The first-order chi connectivity index (χ1) is 50.6. The van der Waals surface area contributed by atoms with Gasteiger partial charge in [-0.3, -0.25) is 9.59 Å². The van der Waals surface area contributed by atoms with Crippen LogP contribution in [0.5, 0.6) is 0 Å². The van der Waals surface area contributed by atoms with Crippen molar-refractivity contribution in [1.82, 2.24) is 0 Å². The second-order valence-electron chi connectivity index (χ2n) is 29.7. The van der Waals surface area contributed by atoms with E-state index in [-0.39, 0.29) is 32.2 Å². The van der Waals surface area contributed by atoms with E-state index in [1.807, 2.05) is 21.1 Å². The van der Waals surface area contributed by atoms with Crippen LogP contribution in [-0.2, 0) is 33.3 Å². The van der Waals surface area contributed by atoms with E-state index in [0.29, 0.717) is 17.4 Å². The second-order valence-corrected chi connectivity index (χ2v) is 29.7. The lowest BCUT2D eigenvalue weighted by Crippen LogP contribution is -2.40. The molecule has 9 heteroatoms. The van der Waals surface area contributed by atoms with E-state index in [1.165, 1.54) is 231 Å². The number of ether oxygens (including phenoxy) is 4. The average Bonchev–Trinajstić information content (AvgIpc) is 0.985. The summed E-state index contributed by atoms with van der Waals surface area (Å²) in [6, 6.07) is 0. The predicted molar refractivity (Wildman–Crippen MR) is 447 cm³/mol. The van der Waals surface area contributed by atoms with Crippen molar-refractivity contribution >= 4 is 17.9 Å². The summed E-state index contributed by atoms with van der Waals surface area (Å²) in [7, 11) is 5.99. The van der Waals surface area contributed by atoms with Gasteiger partial charge in [-0.25, -0.2) is 4.79 Å². The van der Waals surface area contributed by atoms with E-state index in [2.05, 4.69) is 160 Å². The summed E-state index contributed by atoms with van der Waals surface area (Å²) in [6.07, 6.45) is 119. The van der Waals surface area contributed by atoms with Gasteiger partial charge in [0, 0.05) is 12.8 Å². The molecule has 0 heterocycles. The van der Waals surface area contributed by atoms with Gasteiger partial charge in [0.15, 0.2) is 6.10 Å². The molecule has 0 aliphatic rings. The molecule has 0 fully saturated rings. The molecule has 1 N–H and O–H groups in total. The Morgan fingerprint density at radius 2 is 0.524 bits per heavy atom. The smallest absolute Gasteiger partial charge is 0.361 e. The monoisotopic (exact) mass is 1430 g/mol. The van der Waals surface area contributed by atoms with Crippen molar-refractivity contribution in [1.29, 1.82) is 0 Å². The molecule has 2 atom stereocenters. The van der Waals surface area contributed by atoms with Gasteiger partial charge in [-0.1, -0.05) is 391 Å². The number of carbonyl (C=O) groups is 3. The molecule has 0 radical (unpaired) electrons. The molecule has 0 saturated heterocycles. The number of quaternary nitrogens is 1. The second kappa shape index (κ2) is 82.8. The Balaban J connectivity index is 3.98. The molecule has 590 valence electrons. The maximum absolute atomic E-state index is 13.0. The number of hydrogen-bond donors (Lipinski definition) is 1. The zero-order valence-electron chi connectivity index (χ0n) is 67.7. The minimum absolute atomic E-state index is 0.182. The van der Waals surface area contributed by atoms with Crippen molar-refractivity contribution in [2.24, 2.45) is 0 Å². The first-order valence-corrected chi connectivity index (χ1v) is 43.0. The first kappa shape index (κ1) is 98.2. The molecule has 0 rings (SSSR count). The Morgan fingerprint density at radius 3 is 0.777 bits per heavy atom. The molecule has 2 unspecified atom stereocenters. The number of allylic oxidation sites excluding steroid dienone is 24. The minimum atomic E-state index is -1.52. The summed E-state index contributed by atoms with van der Waals surface area (Å²) in [4.78, 5) is 37.8. The lowest BCUT2D eigenvalue weighted by atomic mass is 10.0. The van der Waals surface area contributed by atoms with Crippen LogP contribution in [0.1, 0.15) is 373 Å². The third-order valence-corrected chi connectivity index (χ3v) is 18.6. The van der Waals surface area contributed by atoms with E-state index >= 15 is 0 Å². The fourth-order valence-electron chi connectivity index (χ4n) is 12.1. The molecule has 0 amide bonds. The largest absolute Gasteiger partial charge is 0.477 e. The molecule has 103 heavy (non-hydrogen) atoms. The number of nitrogens with zero attached hydrogens (tertiary/aromatic N) is 1. The van der Waals surface area contributed by atoms with Gasteiger partial charge in [0.2, 0.25) is 0 Å². The third-order valence-electron chi connectivity index (χ3n) is 18.6. The van der Waals surface area contributed by atoms with Crippen LogP contribution >= 0.6 is 0 Å². The van der Waals surface area contributed by atoms with Gasteiger partial charge in [0.05, 0.1) is 34.4 Å². The number of hydrogen-bond acceptors (Lipinski definition) is 7. The Hall–Kier alpha value is -4.83. The molecule has 9 nitrogen and oxygen atoms in total. The zero-order valence-corrected chi connectivity index (χ0v) is 67.7. The molecule has 0 aliphatic heterocycles. The van der Waals surface area contributed by atoms with Crippen LogP contribution in [0.3, 0.4) is 0 Å². The molecule has 0 aromatic heterocycles. The highest BCUT2D eigenvalue weighted by Crippen LogP contribution is 2.19. The molecule has 0 aromatic rings. The fourth-order valence-corrected chi connectivity index (χ4v) is 12.1. The Bertz CT molecular complexity index is 2220. The number of carboxylic acids is 1. The number of carboxylic acid groups (broad SMARTS) is 1. The lowest BCUT2D eigenvalue weighted by molar-refractivity contribution is -0.870. The number of aliphatic carboxylic acids is 1. The minimum Gasteiger partial charge on any atom is -0.477 e. The predicted octanol–water partition coefficient (Wildman–Crippen LogP) is 28.2. The Morgan fingerprint density at radius 1 is 0.291 bits per heavy atom.